The highest BCUT2D eigenvalue weighted by atomic mass is 32.3. The molecule has 0 aliphatic rings. The van der Waals surface area contributed by atoms with Gasteiger partial charge >= 0.3 is 0 Å². The van der Waals surface area contributed by atoms with Crippen LogP contribution in [0.2, 0.25) is 0 Å². The average Bonchev–Trinajstić information content (AvgIpc) is 2.06. The van der Waals surface area contributed by atoms with Gasteiger partial charge in [0.15, 0.2) is 0 Å². The van der Waals surface area contributed by atoms with Gasteiger partial charge in [0.05, 0.1) is 5.75 Å². The number of benzene rings is 1. The quantitative estimate of drug-likeness (QED) is 0.547. The first kappa shape index (κ1) is 9.50. The highest BCUT2D eigenvalue weighted by Crippen LogP contribution is 2.36. The number of rotatable bonds is 3. The number of hydrogen-bond acceptors (Lipinski definition) is 4. The summed E-state index contributed by atoms with van der Waals surface area (Å²) in [4.78, 5) is 1.48. The maximum atomic E-state index is 9.05. The molecule has 0 aromatic heterocycles. The SMILES string of the molecule is ONS(O)(O)Cc1ccccc1. The Bertz CT molecular complexity index is 240. The normalized spacial score (nSPS) is 12.9. The fraction of sp³-hybridized carbons (Fsp3) is 0.143. The van der Waals surface area contributed by atoms with E-state index in [0.29, 0.717) is 0 Å². The van der Waals surface area contributed by atoms with Crippen LogP contribution in [-0.2, 0) is 5.75 Å². The molecule has 1 aromatic carbocycles. The predicted octanol–water partition coefficient (Wildman–Crippen LogP) is 1.83. The van der Waals surface area contributed by atoms with E-state index in [1.807, 2.05) is 6.07 Å². The summed E-state index contributed by atoms with van der Waals surface area (Å²) in [6, 6.07) is 8.93. The molecule has 0 bridgehead atoms. The van der Waals surface area contributed by atoms with E-state index < -0.39 is 10.8 Å². The molecule has 12 heavy (non-hydrogen) atoms. The minimum absolute atomic E-state index is 0.0182. The summed E-state index contributed by atoms with van der Waals surface area (Å²) in [6.45, 7) is 0. The Balaban J connectivity index is 2.64. The van der Waals surface area contributed by atoms with Crippen molar-refractivity contribution in [2.75, 3.05) is 0 Å². The Morgan fingerprint density at radius 3 is 2.25 bits per heavy atom. The molecule has 0 amide bonds. The van der Waals surface area contributed by atoms with Crippen LogP contribution in [0.1, 0.15) is 5.56 Å². The molecule has 0 aliphatic heterocycles. The van der Waals surface area contributed by atoms with Crippen LogP contribution in [0.25, 0.3) is 0 Å². The molecule has 4 N–H and O–H groups in total. The maximum Gasteiger partial charge on any atom is 0.0800 e. The van der Waals surface area contributed by atoms with Gasteiger partial charge in [0.25, 0.3) is 0 Å². The zero-order chi connectivity index (χ0) is 9.03. The first-order chi connectivity index (χ1) is 5.64. The first-order valence-corrected chi connectivity index (χ1v) is 5.06. The second-order valence-electron chi connectivity index (χ2n) is 2.39. The van der Waals surface area contributed by atoms with Gasteiger partial charge in [-0.3, -0.25) is 14.3 Å². The summed E-state index contributed by atoms with van der Waals surface area (Å²) in [5.41, 5.74) is 0.763. The summed E-state index contributed by atoms with van der Waals surface area (Å²) < 4.78 is 18.1. The maximum absolute atomic E-state index is 9.05. The highest BCUT2D eigenvalue weighted by molar-refractivity contribution is 8.21. The Labute approximate surface area is 72.3 Å². The van der Waals surface area contributed by atoms with Crippen LogP contribution in [-0.4, -0.2) is 14.3 Å². The van der Waals surface area contributed by atoms with Gasteiger partial charge < -0.3 is 0 Å². The van der Waals surface area contributed by atoms with Gasteiger partial charge in [-0.15, -0.1) is 15.7 Å². The van der Waals surface area contributed by atoms with Crippen molar-refractivity contribution in [3.8, 4) is 0 Å². The Morgan fingerprint density at radius 1 is 1.17 bits per heavy atom. The zero-order valence-corrected chi connectivity index (χ0v) is 7.16. The molecule has 0 saturated carbocycles. The summed E-state index contributed by atoms with van der Waals surface area (Å²) in [5, 5.41) is 8.34. The predicted molar refractivity (Wildman–Crippen MR) is 47.9 cm³/mol. The van der Waals surface area contributed by atoms with E-state index in [4.69, 9.17) is 14.3 Å². The van der Waals surface area contributed by atoms with E-state index >= 15 is 0 Å². The van der Waals surface area contributed by atoms with Gasteiger partial charge in [-0.25, -0.2) is 0 Å². The van der Waals surface area contributed by atoms with Crippen LogP contribution in [0.3, 0.4) is 0 Å². The molecule has 0 spiro atoms. The molecule has 0 saturated heterocycles. The fourth-order valence-electron chi connectivity index (χ4n) is 0.839. The molecule has 0 radical (unpaired) electrons. The van der Waals surface area contributed by atoms with Crippen LogP contribution in [0, 0.1) is 0 Å². The van der Waals surface area contributed by atoms with Crippen molar-refractivity contribution in [3.63, 3.8) is 0 Å². The van der Waals surface area contributed by atoms with Crippen LogP contribution >= 0.6 is 10.8 Å². The van der Waals surface area contributed by atoms with Crippen molar-refractivity contribution in [1.82, 2.24) is 4.89 Å². The van der Waals surface area contributed by atoms with Crippen LogP contribution < -0.4 is 4.89 Å². The molecule has 0 aliphatic carbocycles. The first-order valence-electron chi connectivity index (χ1n) is 3.35. The Kier molecular flexibility index (Phi) is 3.07. The van der Waals surface area contributed by atoms with Crippen molar-refractivity contribution in [3.05, 3.63) is 35.9 Å². The van der Waals surface area contributed by atoms with Gasteiger partial charge in [0.2, 0.25) is 0 Å². The molecule has 0 fully saturated rings. The van der Waals surface area contributed by atoms with E-state index in [0.717, 1.165) is 5.56 Å². The van der Waals surface area contributed by atoms with Gasteiger partial charge in [0, 0.05) is 0 Å². The molecule has 0 unspecified atom stereocenters. The van der Waals surface area contributed by atoms with Gasteiger partial charge in [-0.2, -0.15) is 0 Å². The third kappa shape index (κ3) is 2.80. The summed E-state index contributed by atoms with van der Waals surface area (Å²) in [5.74, 6) is 0.0182. The van der Waals surface area contributed by atoms with Gasteiger partial charge in [-0.1, -0.05) is 30.3 Å². The molecule has 4 nitrogen and oxygen atoms in total. The molecule has 0 atom stereocenters. The lowest BCUT2D eigenvalue weighted by molar-refractivity contribution is 0.223. The lowest BCUT2D eigenvalue weighted by Gasteiger charge is -2.29. The minimum Gasteiger partial charge on any atom is -0.298 e. The standard InChI is InChI=1S/C7H11NO3S/c9-8-12(10,11)6-7-4-2-1-3-5-7/h1-5,8-11H,6H2. The van der Waals surface area contributed by atoms with Gasteiger partial charge in [0.1, 0.15) is 0 Å². The topological polar surface area (TPSA) is 72.7 Å². The Hall–Kier alpha value is -0.590. The summed E-state index contributed by atoms with van der Waals surface area (Å²) >= 11 is 0. The zero-order valence-electron chi connectivity index (χ0n) is 6.34. The van der Waals surface area contributed by atoms with Crippen molar-refractivity contribution < 1.29 is 14.3 Å². The molecule has 0 heterocycles. The molecule has 5 heteroatoms. The molecule has 1 rings (SSSR count). The minimum atomic E-state index is -3.07. The number of hydrogen-bond donors (Lipinski definition) is 4. The summed E-state index contributed by atoms with van der Waals surface area (Å²) in [7, 11) is -3.07. The van der Waals surface area contributed by atoms with E-state index in [1.54, 1.807) is 24.3 Å². The van der Waals surface area contributed by atoms with Crippen molar-refractivity contribution in [2.24, 2.45) is 0 Å². The van der Waals surface area contributed by atoms with E-state index in [9.17, 15) is 0 Å². The molecule has 68 valence electrons. The van der Waals surface area contributed by atoms with E-state index in [2.05, 4.69) is 0 Å². The van der Waals surface area contributed by atoms with Crippen LogP contribution in [0.5, 0.6) is 0 Å². The average molecular weight is 189 g/mol. The van der Waals surface area contributed by atoms with Crippen LogP contribution in [0.15, 0.2) is 30.3 Å². The summed E-state index contributed by atoms with van der Waals surface area (Å²) in [6.07, 6.45) is 0. The molecule has 1 aromatic rings. The van der Waals surface area contributed by atoms with E-state index in [1.165, 1.54) is 4.89 Å². The second-order valence-corrected chi connectivity index (χ2v) is 4.19. The third-order valence-corrected chi connectivity index (χ3v) is 2.39. The lowest BCUT2D eigenvalue weighted by Crippen LogP contribution is -2.17. The largest absolute Gasteiger partial charge is 0.298 e. The van der Waals surface area contributed by atoms with Crippen molar-refractivity contribution in [2.45, 2.75) is 5.75 Å². The second kappa shape index (κ2) is 3.88. The smallest absolute Gasteiger partial charge is 0.0800 e. The van der Waals surface area contributed by atoms with Crippen LogP contribution in [0.4, 0.5) is 0 Å². The van der Waals surface area contributed by atoms with Crippen molar-refractivity contribution in [1.29, 1.82) is 0 Å². The monoisotopic (exact) mass is 189 g/mol. The van der Waals surface area contributed by atoms with Gasteiger partial charge in [-0.05, 0) is 5.56 Å². The lowest BCUT2D eigenvalue weighted by atomic mass is 10.2. The number of nitrogens with one attached hydrogen (secondary N) is 1. The highest BCUT2D eigenvalue weighted by Gasteiger charge is 2.09. The molecular formula is C7H11NO3S. The van der Waals surface area contributed by atoms with E-state index in [-0.39, 0.29) is 5.75 Å². The van der Waals surface area contributed by atoms with Crippen molar-refractivity contribution >= 4 is 10.8 Å². The Morgan fingerprint density at radius 2 is 1.75 bits per heavy atom. The molecular weight excluding hydrogens is 178 g/mol. The third-order valence-electron chi connectivity index (χ3n) is 1.36. The fourth-order valence-corrected chi connectivity index (χ4v) is 1.56.